The maximum atomic E-state index is 14.8. The monoisotopic (exact) mass is 418 g/mol. The minimum Gasteiger partial charge on any atom is -0.453 e. The molecular weight excluding hydrogens is 399 g/mol. The average Bonchev–Trinajstić information content (AvgIpc) is 3.25. The first-order valence-corrected chi connectivity index (χ1v) is 9.53. The van der Waals surface area contributed by atoms with Gasteiger partial charge in [-0.2, -0.15) is 0 Å². The number of aromatic nitrogens is 2. The van der Waals surface area contributed by atoms with Crippen molar-refractivity contribution in [1.29, 1.82) is 0 Å². The summed E-state index contributed by atoms with van der Waals surface area (Å²) in [6, 6.07) is 16.5. The smallest absolute Gasteiger partial charge is 0.237 e. The molecule has 0 aliphatic heterocycles. The number of ether oxygens (including phenoxy) is 1. The van der Waals surface area contributed by atoms with Crippen LogP contribution in [-0.2, 0) is 16.1 Å². The van der Waals surface area contributed by atoms with Gasteiger partial charge in [-0.25, -0.2) is 9.37 Å². The number of carbonyl (C=O) groups excluding carboxylic acids is 2. The summed E-state index contributed by atoms with van der Waals surface area (Å²) in [5, 5.41) is 3.36. The van der Waals surface area contributed by atoms with E-state index in [2.05, 4.69) is 15.3 Å². The normalized spacial score (nSPS) is 11.8. The molecule has 0 aliphatic rings. The lowest BCUT2D eigenvalue weighted by molar-refractivity contribution is -0.130. The molecule has 4 aromatic rings. The molecule has 2 aromatic carbocycles. The number of carbonyl (C=O) groups is 2. The van der Waals surface area contributed by atoms with E-state index in [-0.39, 0.29) is 17.9 Å². The predicted octanol–water partition coefficient (Wildman–Crippen LogP) is 3.38. The molecule has 0 fully saturated rings. The van der Waals surface area contributed by atoms with Gasteiger partial charge in [0.25, 0.3) is 0 Å². The molecule has 1 atom stereocenters. The van der Waals surface area contributed by atoms with Crippen molar-refractivity contribution in [2.45, 2.75) is 12.5 Å². The van der Waals surface area contributed by atoms with E-state index < -0.39 is 23.5 Å². The highest BCUT2D eigenvalue weighted by Crippen LogP contribution is 2.31. The summed E-state index contributed by atoms with van der Waals surface area (Å²) < 4.78 is 20.5. The molecule has 1 unspecified atom stereocenters. The van der Waals surface area contributed by atoms with Crippen LogP contribution in [0.2, 0.25) is 0 Å². The molecule has 156 valence electrons. The number of rotatable bonds is 7. The second-order valence-electron chi connectivity index (χ2n) is 6.88. The number of nitrogens with one attached hydrogen (secondary N) is 2. The van der Waals surface area contributed by atoms with Gasteiger partial charge in [-0.3, -0.25) is 9.59 Å². The number of fused-ring (bicyclic) bond motifs is 1. The number of hydrogen-bond acceptors (Lipinski definition) is 4. The fourth-order valence-corrected chi connectivity index (χ4v) is 3.25. The number of benzene rings is 2. The molecule has 8 heteroatoms. The molecule has 0 radical (unpaired) electrons. The number of hydrogen-bond donors (Lipinski definition) is 3. The second kappa shape index (κ2) is 8.66. The minimum absolute atomic E-state index is 0.0506. The first kappa shape index (κ1) is 20.1. The fourth-order valence-electron chi connectivity index (χ4n) is 3.25. The summed E-state index contributed by atoms with van der Waals surface area (Å²) in [5.41, 5.74) is 7.05. The van der Waals surface area contributed by atoms with Crippen molar-refractivity contribution >= 4 is 22.8 Å². The van der Waals surface area contributed by atoms with Gasteiger partial charge in [-0.15, -0.1) is 0 Å². The first-order chi connectivity index (χ1) is 15.0. The maximum Gasteiger partial charge on any atom is 0.237 e. The summed E-state index contributed by atoms with van der Waals surface area (Å²) >= 11 is 0. The summed E-state index contributed by atoms with van der Waals surface area (Å²) in [6.45, 7) is 0.224. The van der Waals surface area contributed by atoms with Crippen molar-refractivity contribution in [1.82, 2.24) is 15.3 Å². The molecule has 2 amide bonds. The Morgan fingerprint density at radius 3 is 2.65 bits per heavy atom. The van der Waals surface area contributed by atoms with Crippen molar-refractivity contribution in [3.8, 4) is 11.5 Å². The highest BCUT2D eigenvalue weighted by Gasteiger charge is 2.27. The van der Waals surface area contributed by atoms with Crippen LogP contribution in [0, 0.1) is 5.82 Å². The van der Waals surface area contributed by atoms with Gasteiger partial charge in [0.05, 0.1) is 5.39 Å². The standard InChI is InChI=1S/C23H19FN4O3/c24-17-12-15(20(21(25)29)23(30)28-13-14-4-2-1-3-5-14)6-7-19(17)31-18-9-11-27-22-16(18)8-10-26-22/h1-12,20H,13H2,(H2,25,29)(H,26,27)(H,28,30). The highest BCUT2D eigenvalue weighted by molar-refractivity contribution is 6.05. The van der Waals surface area contributed by atoms with Crippen LogP contribution in [0.4, 0.5) is 4.39 Å². The molecule has 31 heavy (non-hydrogen) atoms. The summed E-state index contributed by atoms with van der Waals surface area (Å²) in [5.74, 6) is -3.16. The molecule has 7 nitrogen and oxygen atoms in total. The van der Waals surface area contributed by atoms with Crippen molar-refractivity contribution in [3.63, 3.8) is 0 Å². The minimum atomic E-state index is -1.33. The Morgan fingerprint density at radius 1 is 1.10 bits per heavy atom. The molecule has 2 aromatic heterocycles. The Labute approximate surface area is 177 Å². The zero-order chi connectivity index (χ0) is 21.8. The molecule has 0 aliphatic carbocycles. The largest absolute Gasteiger partial charge is 0.453 e. The van der Waals surface area contributed by atoms with Gasteiger partial charge < -0.3 is 20.8 Å². The van der Waals surface area contributed by atoms with E-state index in [4.69, 9.17) is 10.5 Å². The number of H-pyrrole nitrogens is 1. The Balaban J connectivity index is 1.53. The van der Waals surface area contributed by atoms with Crippen molar-refractivity contribution in [2.75, 3.05) is 0 Å². The topological polar surface area (TPSA) is 110 Å². The highest BCUT2D eigenvalue weighted by atomic mass is 19.1. The number of nitrogens with zero attached hydrogens (tertiary/aromatic N) is 1. The molecule has 2 heterocycles. The van der Waals surface area contributed by atoms with Crippen LogP contribution in [0.25, 0.3) is 11.0 Å². The fraction of sp³-hybridized carbons (Fsp3) is 0.0870. The molecule has 4 rings (SSSR count). The van der Waals surface area contributed by atoms with Crippen LogP contribution in [0.5, 0.6) is 11.5 Å². The van der Waals surface area contributed by atoms with Gasteiger partial charge in [0.15, 0.2) is 11.6 Å². The van der Waals surface area contributed by atoms with Gasteiger partial charge in [0, 0.05) is 18.9 Å². The van der Waals surface area contributed by atoms with E-state index in [0.717, 1.165) is 11.6 Å². The summed E-state index contributed by atoms with van der Waals surface area (Å²) in [7, 11) is 0. The number of primary amides is 1. The van der Waals surface area contributed by atoms with Gasteiger partial charge in [0.1, 0.15) is 17.3 Å². The van der Waals surface area contributed by atoms with Crippen LogP contribution < -0.4 is 15.8 Å². The van der Waals surface area contributed by atoms with E-state index in [0.29, 0.717) is 16.8 Å². The van der Waals surface area contributed by atoms with Crippen molar-refractivity contribution in [3.05, 3.63) is 90.0 Å². The van der Waals surface area contributed by atoms with E-state index in [1.807, 2.05) is 30.3 Å². The third-order valence-corrected chi connectivity index (χ3v) is 4.79. The molecule has 0 bridgehead atoms. The zero-order valence-electron chi connectivity index (χ0n) is 16.3. The number of aromatic amines is 1. The first-order valence-electron chi connectivity index (χ1n) is 9.53. The number of nitrogens with two attached hydrogens (primary N) is 1. The SMILES string of the molecule is NC(=O)C(C(=O)NCc1ccccc1)c1ccc(Oc2ccnc3[nH]ccc23)c(F)c1. The van der Waals surface area contributed by atoms with Gasteiger partial charge in [0.2, 0.25) is 11.8 Å². The van der Waals surface area contributed by atoms with Gasteiger partial charge in [-0.1, -0.05) is 36.4 Å². The van der Waals surface area contributed by atoms with Crippen LogP contribution in [0.15, 0.2) is 73.1 Å². The Kier molecular flexibility index (Phi) is 5.61. The molecule has 0 saturated carbocycles. The lowest BCUT2D eigenvalue weighted by Gasteiger charge is -2.15. The Morgan fingerprint density at radius 2 is 1.90 bits per heavy atom. The third kappa shape index (κ3) is 4.37. The number of halogens is 1. The van der Waals surface area contributed by atoms with Crippen molar-refractivity contribution < 1.29 is 18.7 Å². The lowest BCUT2D eigenvalue weighted by atomic mass is 9.97. The van der Waals surface area contributed by atoms with Crippen LogP contribution in [0.1, 0.15) is 17.0 Å². The van der Waals surface area contributed by atoms with Crippen LogP contribution >= 0.6 is 0 Å². The Hall–Kier alpha value is -4.20. The van der Waals surface area contributed by atoms with Gasteiger partial charge in [-0.05, 0) is 35.4 Å². The van der Waals surface area contributed by atoms with Crippen molar-refractivity contribution in [2.24, 2.45) is 5.73 Å². The van der Waals surface area contributed by atoms with E-state index in [1.54, 1.807) is 24.5 Å². The molecular formula is C23H19FN4O3. The number of pyridine rings is 1. The molecule has 0 saturated heterocycles. The van der Waals surface area contributed by atoms with E-state index in [1.165, 1.54) is 12.1 Å². The second-order valence-corrected chi connectivity index (χ2v) is 6.88. The van der Waals surface area contributed by atoms with Crippen LogP contribution in [-0.4, -0.2) is 21.8 Å². The lowest BCUT2D eigenvalue weighted by Crippen LogP contribution is -2.36. The molecule has 0 spiro atoms. The third-order valence-electron chi connectivity index (χ3n) is 4.79. The summed E-state index contributed by atoms with van der Waals surface area (Å²) in [6.07, 6.45) is 3.25. The molecule has 4 N–H and O–H groups in total. The number of amides is 2. The average molecular weight is 418 g/mol. The quantitative estimate of drug-likeness (QED) is 0.400. The van der Waals surface area contributed by atoms with Crippen LogP contribution in [0.3, 0.4) is 0 Å². The predicted molar refractivity (Wildman–Crippen MR) is 113 cm³/mol. The summed E-state index contributed by atoms with van der Waals surface area (Å²) in [4.78, 5) is 31.6. The van der Waals surface area contributed by atoms with E-state index in [9.17, 15) is 14.0 Å². The van der Waals surface area contributed by atoms with Gasteiger partial charge >= 0.3 is 0 Å². The Bertz CT molecular complexity index is 1240. The van der Waals surface area contributed by atoms with E-state index >= 15 is 0 Å². The zero-order valence-corrected chi connectivity index (χ0v) is 16.3. The maximum absolute atomic E-state index is 14.8.